The van der Waals surface area contributed by atoms with Crippen molar-refractivity contribution in [3.63, 3.8) is 0 Å². The van der Waals surface area contributed by atoms with Crippen LogP contribution < -0.4 is 9.47 Å². The molecular formula is C26H28FNO3. The van der Waals surface area contributed by atoms with Crippen molar-refractivity contribution in [1.82, 2.24) is 4.90 Å². The lowest BCUT2D eigenvalue weighted by molar-refractivity contribution is 0.0740. The lowest BCUT2D eigenvalue weighted by Crippen LogP contribution is -2.31. The van der Waals surface area contributed by atoms with Crippen molar-refractivity contribution in [1.29, 1.82) is 0 Å². The second-order valence-corrected chi connectivity index (χ2v) is 7.35. The van der Waals surface area contributed by atoms with Crippen LogP contribution in [0.15, 0.2) is 72.8 Å². The second kappa shape index (κ2) is 11.2. The van der Waals surface area contributed by atoms with Crippen LogP contribution in [0.25, 0.3) is 0 Å². The number of benzene rings is 3. The monoisotopic (exact) mass is 421 g/mol. The van der Waals surface area contributed by atoms with Gasteiger partial charge in [0.2, 0.25) is 0 Å². The van der Waals surface area contributed by atoms with Gasteiger partial charge in [0.05, 0.1) is 7.11 Å². The van der Waals surface area contributed by atoms with Crippen LogP contribution in [0.1, 0.15) is 41.3 Å². The van der Waals surface area contributed by atoms with Crippen LogP contribution in [0.2, 0.25) is 0 Å². The van der Waals surface area contributed by atoms with Gasteiger partial charge in [-0.15, -0.1) is 0 Å². The molecule has 31 heavy (non-hydrogen) atoms. The Morgan fingerprint density at radius 2 is 1.74 bits per heavy atom. The van der Waals surface area contributed by atoms with Gasteiger partial charge in [0, 0.05) is 18.7 Å². The topological polar surface area (TPSA) is 38.8 Å². The minimum Gasteiger partial charge on any atom is -0.493 e. The van der Waals surface area contributed by atoms with Gasteiger partial charge in [0.25, 0.3) is 5.91 Å². The standard InChI is InChI=1S/C26H28FNO3/c1-3-4-15-28(26(29)22-11-8-12-23(27)17-22)18-21-13-14-24(25(16-21)30-2)31-19-20-9-6-5-7-10-20/h5-14,16-17H,3-4,15,18-19H2,1-2H3. The molecular weight excluding hydrogens is 393 g/mol. The number of halogens is 1. The first-order valence-corrected chi connectivity index (χ1v) is 10.5. The van der Waals surface area contributed by atoms with E-state index >= 15 is 0 Å². The van der Waals surface area contributed by atoms with Gasteiger partial charge >= 0.3 is 0 Å². The summed E-state index contributed by atoms with van der Waals surface area (Å²) in [6, 6.07) is 21.4. The number of amides is 1. The van der Waals surface area contributed by atoms with E-state index in [0.717, 1.165) is 24.0 Å². The highest BCUT2D eigenvalue weighted by molar-refractivity contribution is 5.94. The number of rotatable bonds is 10. The Balaban J connectivity index is 1.75. The summed E-state index contributed by atoms with van der Waals surface area (Å²) in [4.78, 5) is 14.7. The van der Waals surface area contributed by atoms with E-state index in [9.17, 15) is 9.18 Å². The van der Waals surface area contributed by atoms with Crippen LogP contribution >= 0.6 is 0 Å². The highest BCUT2D eigenvalue weighted by Crippen LogP contribution is 2.29. The number of carbonyl (C=O) groups excluding carboxylic acids is 1. The van der Waals surface area contributed by atoms with E-state index in [-0.39, 0.29) is 5.91 Å². The molecule has 0 spiro atoms. The summed E-state index contributed by atoms with van der Waals surface area (Å²) in [5.41, 5.74) is 2.34. The van der Waals surface area contributed by atoms with Crippen molar-refractivity contribution in [2.75, 3.05) is 13.7 Å². The molecule has 0 aliphatic rings. The molecule has 0 saturated carbocycles. The quantitative estimate of drug-likeness (QED) is 0.412. The molecule has 0 N–H and O–H groups in total. The van der Waals surface area contributed by atoms with Gasteiger partial charge in [0.1, 0.15) is 12.4 Å². The Morgan fingerprint density at radius 3 is 2.45 bits per heavy atom. The zero-order valence-corrected chi connectivity index (χ0v) is 18.0. The summed E-state index contributed by atoms with van der Waals surface area (Å²) >= 11 is 0. The summed E-state index contributed by atoms with van der Waals surface area (Å²) in [7, 11) is 1.60. The number of methoxy groups -OCH3 is 1. The average molecular weight is 422 g/mol. The molecule has 0 aliphatic heterocycles. The van der Waals surface area contributed by atoms with Crippen LogP contribution in [0.3, 0.4) is 0 Å². The van der Waals surface area contributed by atoms with Crippen molar-refractivity contribution >= 4 is 5.91 Å². The molecule has 0 atom stereocenters. The fraction of sp³-hybridized carbons (Fsp3) is 0.269. The summed E-state index contributed by atoms with van der Waals surface area (Å²) in [6.45, 7) is 3.52. The maximum atomic E-state index is 13.6. The van der Waals surface area contributed by atoms with E-state index in [1.54, 1.807) is 24.1 Å². The van der Waals surface area contributed by atoms with Gasteiger partial charge in [-0.25, -0.2) is 4.39 Å². The molecule has 3 aromatic rings. The lowest BCUT2D eigenvalue weighted by Gasteiger charge is -2.23. The van der Waals surface area contributed by atoms with Crippen molar-refractivity contribution in [2.45, 2.75) is 32.9 Å². The van der Waals surface area contributed by atoms with E-state index in [4.69, 9.17) is 9.47 Å². The van der Waals surface area contributed by atoms with Gasteiger partial charge in [-0.1, -0.05) is 55.8 Å². The zero-order chi connectivity index (χ0) is 22.1. The first-order valence-electron chi connectivity index (χ1n) is 10.5. The third-order valence-electron chi connectivity index (χ3n) is 4.98. The first kappa shape index (κ1) is 22.3. The van der Waals surface area contributed by atoms with E-state index in [0.29, 0.717) is 36.8 Å². The summed E-state index contributed by atoms with van der Waals surface area (Å²) in [6.07, 6.45) is 1.83. The molecule has 5 heteroatoms. The predicted molar refractivity (Wildman–Crippen MR) is 120 cm³/mol. The molecule has 0 unspecified atom stereocenters. The van der Waals surface area contributed by atoms with Gasteiger partial charge in [-0.2, -0.15) is 0 Å². The van der Waals surface area contributed by atoms with Crippen molar-refractivity contribution < 1.29 is 18.7 Å². The fourth-order valence-corrected chi connectivity index (χ4v) is 3.29. The Bertz CT molecular complexity index is 991. The smallest absolute Gasteiger partial charge is 0.254 e. The normalized spacial score (nSPS) is 10.5. The third-order valence-corrected chi connectivity index (χ3v) is 4.98. The van der Waals surface area contributed by atoms with Crippen LogP contribution in [-0.4, -0.2) is 24.5 Å². The van der Waals surface area contributed by atoms with Crippen LogP contribution in [0.4, 0.5) is 4.39 Å². The summed E-state index contributed by atoms with van der Waals surface area (Å²) in [5.74, 6) is 0.660. The number of hydrogen-bond acceptors (Lipinski definition) is 3. The molecule has 0 aliphatic carbocycles. The van der Waals surface area contributed by atoms with Crippen LogP contribution in [0, 0.1) is 5.82 Å². The Hall–Kier alpha value is -3.34. The van der Waals surface area contributed by atoms with E-state index in [1.807, 2.05) is 48.5 Å². The molecule has 0 saturated heterocycles. The number of unbranched alkanes of at least 4 members (excludes halogenated alkanes) is 1. The maximum absolute atomic E-state index is 13.6. The van der Waals surface area contributed by atoms with Crippen LogP contribution in [0.5, 0.6) is 11.5 Å². The highest BCUT2D eigenvalue weighted by Gasteiger charge is 2.17. The molecule has 4 nitrogen and oxygen atoms in total. The average Bonchev–Trinajstić information content (AvgIpc) is 2.81. The molecule has 1 amide bonds. The summed E-state index contributed by atoms with van der Waals surface area (Å²) < 4.78 is 25.0. The van der Waals surface area contributed by atoms with Gasteiger partial charge in [-0.3, -0.25) is 4.79 Å². The van der Waals surface area contributed by atoms with Crippen molar-refractivity contribution in [2.24, 2.45) is 0 Å². The highest BCUT2D eigenvalue weighted by atomic mass is 19.1. The molecule has 3 aromatic carbocycles. The minimum atomic E-state index is -0.414. The molecule has 0 bridgehead atoms. The molecule has 0 heterocycles. The maximum Gasteiger partial charge on any atom is 0.254 e. The lowest BCUT2D eigenvalue weighted by atomic mass is 10.1. The molecule has 0 radical (unpaired) electrons. The molecule has 162 valence electrons. The Morgan fingerprint density at radius 1 is 0.935 bits per heavy atom. The summed E-state index contributed by atoms with van der Waals surface area (Å²) in [5, 5.41) is 0. The van der Waals surface area contributed by atoms with Gasteiger partial charge < -0.3 is 14.4 Å². The molecule has 0 fully saturated rings. The number of ether oxygens (including phenoxy) is 2. The Kier molecular flexibility index (Phi) is 8.05. The van der Waals surface area contributed by atoms with Crippen molar-refractivity contribution in [3.05, 3.63) is 95.3 Å². The predicted octanol–water partition coefficient (Wildman–Crippen LogP) is 5.86. The SMILES string of the molecule is CCCCN(Cc1ccc(OCc2ccccc2)c(OC)c1)C(=O)c1cccc(F)c1. The third kappa shape index (κ3) is 6.32. The zero-order valence-electron chi connectivity index (χ0n) is 18.0. The number of carbonyl (C=O) groups is 1. The number of nitrogens with zero attached hydrogens (tertiary/aromatic N) is 1. The first-order chi connectivity index (χ1) is 15.1. The fourth-order valence-electron chi connectivity index (χ4n) is 3.29. The minimum absolute atomic E-state index is 0.184. The second-order valence-electron chi connectivity index (χ2n) is 7.35. The number of hydrogen-bond donors (Lipinski definition) is 0. The molecule has 3 rings (SSSR count). The molecule has 0 aromatic heterocycles. The van der Waals surface area contributed by atoms with Gasteiger partial charge in [0.15, 0.2) is 11.5 Å². The van der Waals surface area contributed by atoms with E-state index in [2.05, 4.69) is 6.92 Å². The van der Waals surface area contributed by atoms with E-state index in [1.165, 1.54) is 12.1 Å². The van der Waals surface area contributed by atoms with Crippen LogP contribution in [-0.2, 0) is 13.2 Å². The van der Waals surface area contributed by atoms with Gasteiger partial charge in [-0.05, 0) is 47.9 Å². The van der Waals surface area contributed by atoms with E-state index < -0.39 is 5.82 Å². The van der Waals surface area contributed by atoms with Crippen molar-refractivity contribution in [3.8, 4) is 11.5 Å². The largest absolute Gasteiger partial charge is 0.493 e. The Labute approximate surface area is 183 Å².